The molecule has 90 valence electrons. The molecular weight excluding hydrogens is 218 g/mol. The minimum Gasteiger partial charge on any atom is -0.497 e. The van der Waals surface area contributed by atoms with Crippen molar-refractivity contribution in [3.8, 4) is 5.75 Å². The summed E-state index contributed by atoms with van der Waals surface area (Å²) in [6, 6.07) is 7.95. The van der Waals surface area contributed by atoms with Crippen molar-refractivity contribution in [3.63, 3.8) is 0 Å². The third-order valence-corrected chi connectivity index (χ3v) is 4.87. The minimum absolute atomic E-state index is 0.276. The van der Waals surface area contributed by atoms with Gasteiger partial charge in [-0.1, -0.05) is 20.8 Å². The SMILES string of the molecule is COc1ccc(/C=N/[SH](C)C(C)(C)C)cc1. The molecule has 0 spiro atoms. The lowest BCUT2D eigenvalue weighted by Gasteiger charge is -2.27. The average Bonchev–Trinajstić information content (AvgIpc) is 2.25. The van der Waals surface area contributed by atoms with Crippen LogP contribution in [-0.4, -0.2) is 24.3 Å². The lowest BCUT2D eigenvalue weighted by atomic mass is 10.2. The maximum atomic E-state index is 5.11. The Morgan fingerprint density at radius 3 is 2.19 bits per heavy atom. The van der Waals surface area contributed by atoms with Gasteiger partial charge in [-0.2, -0.15) is 11.1 Å². The highest BCUT2D eigenvalue weighted by Crippen LogP contribution is 2.37. The summed E-state index contributed by atoms with van der Waals surface area (Å²) < 4.78 is 10.0. The van der Waals surface area contributed by atoms with E-state index in [-0.39, 0.29) is 15.8 Å². The van der Waals surface area contributed by atoms with Crippen molar-refractivity contribution < 1.29 is 4.74 Å². The normalized spacial score (nSPS) is 15.2. The third-order valence-electron chi connectivity index (χ3n) is 2.47. The Hall–Kier alpha value is -0.960. The molecule has 1 rings (SSSR count). The highest BCUT2D eigenvalue weighted by Gasteiger charge is 2.14. The summed E-state index contributed by atoms with van der Waals surface area (Å²) in [7, 11) is 1.67. The number of rotatable bonds is 3. The fourth-order valence-corrected chi connectivity index (χ4v) is 1.67. The van der Waals surface area contributed by atoms with Crippen LogP contribution in [0.15, 0.2) is 28.7 Å². The van der Waals surface area contributed by atoms with Crippen LogP contribution in [0.4, 0.5) is 0 Å². The van der Waals surface area contributed by atoms with Crippen LogP contribution in [0, 0.1) is 0 Å². The lowest BCUT2D eigenvalue weighted by Crippen LogP contribution is -2.12. The Morgan fingerprint density at radius 2 is 1.75 bits per heavy atom. The molecule has 0 saturated heterocycles. The Balaban J connectivity index is 2.69. The van der Waals surface area contributed by atoms with Crippen molar-refractivity contribution in [1.29, 1.82) is 0 Å². The Labute approximate surface area is 101 Å². The van der Waals surface area contributed by atoms with Gasteiger partial charge >= 0.3 is 0 Å². The predicted molar refractivity (Wildman–Crippen MR) is 75.3 cm³/mol. The first kappa shape index (κ1) is 13.1. The van der Waals surface area contributed by atoms with Gasteiger partial charge < -0.3 is 4.74 Å². The molecule has 0 fully saturated rings. The van der Waals surface area contributed by atoms with E-state index in [9.17, 15) is 0 Å². The summed E-state index contributed by atoms with van der Waals surface area (Å²) >= 11 is -0.318. The molecule has 0 bridgehead atoms. The van der Waals surface area contributed by atoms with Gasteiger partial charge in [-0.3, -0.25) is 0 Å². The van der Waals surface area contributed by atoms with Gasteiger partial charge in [-0.25, -0.2) is 4.40 Å². The molecular formula is C13H21NOS. The van der Waals surface area contributed by atoms with Crippen molar-refractivity contribution in [3.05, 3.63) is 29.8 Å². The van der Waals surface area contributed by atoms with Gasteiger partial charge in [0.2, 0.25) is 0 Å². The third kappa shape index (κ3) is 3.89. The molecule has 0 saturated carbocycles. The van der Waals surface area contributed by atoms with Crippen LogP contribution < -0.4 is 4.74 Å². The van der Waals surface area contributed by atoms with Crippen LogP contribution in [0.2, 0.25) is 0 Å². The molecule has 16 heavy (non-hydrogen) atoms. The first-order valence-electron chi connectivity index (χ1n) is 5.35. The Bertz CT molecular complexity index is 351. The van der Waals surface area contributed by atoms with Gasteiger partial charge in [0.1, 0.15) is 5.75 Å². The quantitative estimate of drug-likeness (QED) is 0.633. The summed E-state index contributed by atoms with van der Waals surface area (Å²) in [5.41, 5.74) is 1.12. The van der Waals surface area contributed by atoms with Crippen LogP contribution in [0.3, 0.4) is 0 Å². The van der Waals surface area contributed by atoms with Crippen LogP contribution in [0.25, 0.3) is 0 Å². The molecule has 0 aliphatic heterocycles. The van der Waals surface area contributed by atoms with E-state index in [2.05, 4.69) is 31.4 Å². The van der Waals surface area contributed by atoms with E-state index < -0.39 is 0 Å². The fourth-order valence-electron chi connectivity index (χ4n) is 1.02. The van der Waals surface area contributed by atoms with E-state index in [0.29, 0.717) is 0 Å². The summed E-state index contributed by atoms with van der Waals surface area (Å²) in [6.45, 7) is 6.68. The molecule has 0 N–H and O–H groups in total. The standard InChI is InChI=1S/C13H21NOS/c1-13(2,3)16(5)14-10-11-6-8-12(15-4)9-7-11/h6-10,16H,1-5H3/b14-10+. The summed E-state index contributed by atoms with van der Waals surface area (Å²) in [6.07, 6.45) is 4.16. The number of hydrogen-bond acceptors (Lipinski definition) is 2. The molecule has 0 radical (unpaired) electrons. The van der Waals surface area contributed by atoms with Crippen molar-refractivity contribution >= 4 is 17.3 Å². The van der Waals surface area contributed by atoms with Gasteiger partial charge in [-0.15, -0.1) is 0 Å². The molecule has 2 nitrogen and oxygen atoms in total. The van der Waals surface area contributed by atoms with Crippen LogP contribution in [0.5, 0.6) is 5.75 Å². The molecule has 1 unspecified atom stereocenters. The zero-order valence-corrected chi connectivity index (χ0v) is 11.6. The molecule has 0 aromatic heterocycles. The van der Waals surface area contributed by atoms with E-state index in [4.69, 9.17) is 4.74 Å². The van der Waals surface area contributed by atoms with Crippen molar-refractivity contribution in [1.82, 2.24) is 0 Å². The van der Waals surface area contributed by atoms with Crippen LogP contribution in [0.1, 0.15) is 26.3 Å². The van der Waals surface area contributed by atoms with Gasteiger partial charge in [0.25, 0.3) is 0 Å². The monoisotopic (exact) mass is 239 g/mol. The second kappa shape index (κ2) is 5.39. The van der Waals surface area contributed by atoms with Gasteiger partial charge in [-0.05, 0) is 36.1 Å². The first-order chi connectivity index (χ1) is 7.43. The first-order valence-corrected chi connectivity index (χ1v) is 7.09. The molecule has 0 aliphatic carbocycles. The molecule has 0 aliphatic rings. The number of hydrogen-bond donors (Lipinski definition) is 1. The molecule has 1 atom stereocenters. The van der Waals surface area contributed by atoms with Crippen LogP contribution in [-0.2, 0) is 0 Å². The second-order valence-electron chi connectivity index (χ2n) is 4.71. The predicted octanol–water partition coefficient (Wildman–Crippen LogP) is 3.46. The molecule has 3 heteroatoms. The van der Waals surface area contributed by atoms with Crippen molar-refractivity contribution in [2.45, 2.75) is 25.5 Å². The van der Waals surface area contributed by atoms with Gasteiger partial charge in [0, 0.05) is 11.0 Å². The average molecular weight is 239 g/mol. The largest absolute Gasteiger partial charge is 0.497 e. The molecule has 1 aromatic carbocycles. The van der Waals surface area contributed by atoms with Crippen LogP contribution >= 0.6 is 11.1 Å². The van der Waals surface area contributed by atoms with E-state index in [1.165, 1.54) is 0 Å². The summed E-state index contributed by atoms with van der Waals surface area (Å²) in [4.78, 5) is 0. The highest BCUT2D eigenvalue weighted by atomic mass is 32.2. The number of thiol groups is 1. The minimum atomic E-state index is -0.318. The topological polar surface area (TPSA) is 21.6 Å². The summed E-state index contributed by atoms with van der Waals surface area (Å²) in [5.74, 6) is 0.881. The zero-order chi connectivity index (χ0) is 12.2. The number of nitrogens with zero attached hydrogens (tertiary/aromatic N) is 1. The highest BCUT2D eigenvalue weighted by molar-refractivity contribution is 8.16. The van der Waals surface area contributed by atoms with E-state index in [1.807, 2.05) is 30.5 Å². The van der Waals surface area contributed by atoms with Crippen molar-refractivity contribution in [2.75, 3.05) is 13.4 Å². The van der Waals surface area contributed by atoms with E-state index in [0.717, 1.165) is 11.3 Å². The number of ether oxygens (including phenoxy) is 1. The van der Waals surface area contributed by atoms with Gasteiger partial charge in [0.15, 0.2) is 0 Å². The Kier molecular flexibility index (Phi) is 4.42. The maximum absolute atomic E-state index is 5.11. The van der Waals surface area contributed by atoms with Gasteiger partial charge in [0.05, 0.1) is 7.11 Å². The van der Waals surface area contributed by atoms with E-state index in [1.54, 1.807) is 7.11 Å². The summed E-state index contributed by atoms with van der Waals surface area (Å²) in [5, 5.41) is 0. The number of methoxy groups -OCH3 is 1. The zero-order valence-electron chi connectivity index (χ0n) is 10.7. The van der Waals surface area contributed by atoms with Crippen molar-refractivity contribution in [2.24, 2.45) is 4.40 Å². The number of benzene rings is 1. The molecule has 1 aromatic rings. The lowest BCUT2D eigenvalue weighted by molar-refractivity contribution is 0.415. The fraction of sp³-hybridized carbons (Fsp3) is 0.462. The van der Waals surface area contributed by atoms with E-state index >= 15 is 0 Å². The Morgan fingerprint density at radius 1 is 1.19 bits per heavy atom. The maximum Gasteiger partial charge on any atom is 0.118 e. The molecule has 0 heterocycles. The smallest absolute Gasteiger partial charge is 0.118 e. The molecule has 0 amide bonds. The second-order valence-corrected chi connectivity index (χ2v) is 7.33.